The summed E-state index contributed by atoms with van der Waals surface area (Å²) in [6.07, 6.45) is 4.38. The zero-order valence-corrected chi connectivity index (χ0v) is 12.9. The van der Waals surface area contributed by atoms with E-state index in [1.807, 2.05) is 28.9 Å². The highest BCUT2D eigenvalue weighted by atomic mass is 35.5. The summed E-state index contributed by atoms with van der Waals surface area (Å²) in [6.45, 7) is 6.71. The van der Waals surface area contributed by atoms with Crippen LogP contribution in [0.3, 0.4) is 0 Å². The molecule has 0 spiro atoms. The van der Waals surface area contributed by atoms with Crippen molar-refractivity contribution in [2.75, 3.05) is 0 Å². The highest BCUT2D eigenvalue weighted by Crippen LogP contribution is 2.39. The third-order valence-corrected chi connectivity index (χ3v) is 4.06. The van der Waals surface area contributed by atoms with Crippen molar-refractivity contribution in [3.63, 3.8) is 0 Å². The average Bonchev–Trinajstić information content (AvgIpc) is 2.83. The van der Waals surface area contributed by atoms with Crippen molar-refractivity contribution in [3.05, 3.63) is 41.9 Å². The first-order valence-corrected chi connectivity index (χ1v) is 7.46. The highest BCUT2D eigenvalue weighted by Gasteiger charge is 2.21. The Kier molecular flexibility index (Phi) is 4.53. The molecule has 1 unspecified atom stereocenters. The topological polar surface area (TPSA) is 30.7 Å². The third-order valence-electron chi connectivity index (χ3n) is 2.60. The summed E-state index contributed by atoms with van der Waals surface area (Å²) in [7, 11) is 0. The predicted octanol–water partition coefficient (Wildman–Crippen LogP) is 4.66. The van der Waals surface area contributed by atoms with Crippen LogP contribution in [0.5, 0.6) is 0 Å². The van der Waals surface area contributed by atoms with Gasteiger partial charge in [0.05, 0.1) is 0 Å². The van der Waals surface area contributed by atoms with E-state index in [0.29, 0.717) is 0 Å². The molecule has 0 aliphatic heterocycles. The molecule has 0 fully saturated rings. The Bertz CT molecular complexity index is 502. The minimum atomic E-state index is 0.232. The van der Waals surface area contributed by atoms with Gasteiger partial charge in [0.15, 0.2) is 0 Å². The maximum Gasteiger partial charge on any atom is 0.137 e. The number of hydrogen-bond donors (Lipinski definition) is 0. The number of aromatic nitrogens is 3. The first kappa shape index (κ1) is 14.4. The van der Waals surface area contributed by atoms with E-state index < -0.39 is 0 Å². The van der Waals surface area contributed by atoms with Gasteiger partial charge in [-0.2, -0.15) is 5.10 Å². The zero-order chi connectivity index (χ0) is 13.9. The van der Waals surface area contributed by atoms with Gasteiger partial charge in [0.1, 0.15) is 18.0 Å². The largest absolute Gasteiger partial charge is 0.240 e. The molecule has 1 aromatic carbocycles. The van der Waals surface area contributed by atoms with Crippen LogP contribution in [0.15, 0.2) is 41.8 Å². The van der Waals surface area contributed by atoms with Gasteiger partial charge in [-0.3, -0.25) is 0 Å². The summed E-state index contributed by atoms with van der Waals surface area (Å²) >= 11 is 7.70. The van der Waals surface area contributed by atoms with Crippen molar-refractivity contribution in [1.82, 2.24) is 14.8 Å². The first-order valence-electron chi connectivity index (χ1n) is 6.20. The predicted molar refractivity (Wildman–Crippen MR) is 80.4 cm³/mol. The van der Waals surface area contributed by atoms with Gasteiger partial charge >= 0.3 is 0 Å². The van der Waals surface area contributed by atoms with Crippen LogP contribution in [0.25, 0.3) is 0 Å². The molecule has 0 aliphatic rings. The maximum atomic E-state index is 5.92. The number of benzene rings is 1. The molecule has 2 aromatic rings. The van der Waals surface area contributed by atoms with E-state index in [-0.39, 0.29) is 10.8 Å². The Hall–Kier alpha value is -1.00. The molecule has 1 aromatic heterocycles. The summed E-state index contributed by atoms with van der Waals surface area (Å²) in [5.41, 5.74) is 0.232. The second kappa shape index (κ2) is 5.97. The van der Waals surface area contributed by atoms with Crippen molar-refractivity contribution in [3.8, 4) is 0 Å². The number of hydrogen-bond acceptors (Lipinski definition) is 3. The Labute approximate surface area is 123 Å². The molecule has 0 bridgehead atoms. The molecule has 102 valence electrons. The van der Waals surface area contributed by atoms with Crippen molar-refractivity contribution in [2.24, 2.45) is 5.41 Å². The highest BCUT2D eigenvalue weighted by molar-refractivity contribution is 7.99. The summed E-state index contributed by atoms with van der Waals surface area (Å²) in [5.74, 6) is 0. The number of thioether (sulfide) groups is 1. The lowest BCUT2D eigenvalue weighted by molar-refractivity contribution is 0.335. The van der Waals surface area contributed by atoms with Crippen LogP contribution in [-0.2, 0) is 0 Å². The van der Waals surface area contributed by atoms with Crippen molar-refractivity contribution in [2.45, 2.75) is 37.5 Å². The molecule has 0 saturated heterocycles. The van der Waals surface area contributed by atoms with Gasteiger partial charge in [0.25, 0.3) is 0 Å². The molecule has 0 aliphatic carbocycles. The van der Waals surface area contributed by atoms with Crippen LogP contribution in [0.2, 0.25) is 5.02 Å². The lowest BCUT2D eigenvalue weighted by atomic mass is 9.92. The second-order valence-electron chi connectivity index (χ2n) is 5.67. The van der Waals surface area contributed by atoms with Crippen LogP contribution in [0.4, 0.5) is 0 Å². The Morgan fingerprint density at radius 2 is 1.95 bits per heavy atom. The molecular weight excluding hydrogens is 278 g/mol. The van der Waals surface area contributed by atoms with Crippen LogP contribution < -0.4 is 0 Å². The number of rotatable bonds is 4. The van der Waals surface area contributed by atoms with Crippen molar-refractivity contribution in [1.29, 1.82) is 0 Å². The molecule has 19 heavy (non-hydrogen) atoms. The fourth-order valence-electron chi connectivity index (χ4n) is 1.75. The summed E-state index contributed by atoms with van der Waals surface area (Å²) in [5, 5.41) is 5.27. The van der Waals surface area contributed by atoms with Crippen molar-refractivity contribution >= 4 is 23.4 Å². The Morgan fingerprint density at radius 1 is 1.26 bits per heavy atom. The van der Waals surface area contributed by atoms with Gasteiger partial charge < -0.3 is 0 Å². The van der Waals surface area contributed by atoms with E-state index in [1.165, 1.54) is 4.90 Å². The standard InChI is InChI=1S/C14H18ClN3S/c1-14(2,3)8-13(18-10-16-9-17-18)19-12-6-4-11(15)5-7-12/h4-7,9-10,13H,8H2,1-3H3. The Morgan fingerprint density at radius 3 is 2.47 bits per heavy atom. The zero-order valence-electron chi connectivity index (χ0n) is 11.4. The third kappa shape index (κ3) is 4.55. The molecule has 1 heterocycles. The minimum absolute atomic E-state index is 0.232. The van der Waals surface area contributed by atoms with E-state index in [4.69, 9.17) is 11.6 Å². The van der Waals surface area contributed by atoms with E-state index in [0.717, 1.165) is 11.4 Å². The van der Waals surface area contributed by atoms with Gasteiger partial charge in [0.2, 0.25) is 0 Å². The van der Waals surface area contributed by atoms with E-state index in [1.54, 1.807) is 24.4 Å². The fourth-order valence-corrected chi connectivity index (χ4v) is 3.28. The number of halogens is 1. The van der Waals surface area contributed by atoms with E-state index in [9.17, 15) is 0 Å². The molecule has 3 nitrogen and oxygen atoms in total. The number of nitrogens with zero attached hydrogens (tertiary/aromatic N) is 3. The minimum Gasteiger partial charge on any atom is -0.240 e. The molecule has 1 atom stereocenters. The monoisotopic (exact) mass is 295 g/mol. The van der Waals surface area contributed by atoms with Crippen LogP contribution >= 0.6 is 23.4 Å². The molecule has 5 heteroatoms. The van der Waals surface area contributed by atoms with Crippen LogP contribution in [0, 0.1) is 5.41 Å². The summed E-state index contributed by atoms with van der Waals surface area (Å²) in [4.78, 5) is 5.24. The quantitative estimate of drug-likeness (QED) is 0.769. The average molecular weight is 296 g/mol. The molecule has 0 saturated carbocycles. The molecule has 0 amide bonds. The lowest BCUT2D eigenvalue weighted by Crippen LogP contribution is -2.15. The Balaban J connectivity index is 2.16. The SMILES string of the molecule is CC(C)(C)CC(Sc1ccc(Cl)cc1)n1cncn1. The van der Waals surface area contributed by atoms with E-state index in [2.05, 4.69) is 30.9 Å². The first-order chi connectivity index (χ1) is 8.94. The van der Waals surface area contributed by atoms with Crippen LogP contribution in [0.1, 0.15) is 32.6 Å². The van der Waals surface area contributed by atoms with Gasteiger partial charge in [-0.25, -0.2) is 9.67 Å². The van der Waals surface area contributed by atoms with Crippen LogP contribution in [-0.4, -0.2) is 14.8 Å². The molecule has 0 N–H and O–H groups in total. The molecule has 0 radical (unpaired) electrons. The van der Waals surface area contributed by atoms with Gasteiger partial charge in [0, 0.05) is 9.92 Å². The van der Waals surface area contributed by atoms with Gasteiger partial charge in [-0.15, -0.1) is 0 Å². The lowest BCUT2D eigenvalue weighted by Gasteiger charge is -2.25. The van der Waals surface area contributed by atoms with E-state index >= 15 is 0 Å². The van der Waals surface area contributed by atoms with Gasteiger partial charge in [-0.05, 0) is 36.1 Å². The molecular formula is C14H18ClN3S. The normalized spacial score (nSPS) is 13.5. The fraction of sp³-hybridized carbons (Fsp3) is 0.429. The molecule has 2 rings (SSSR count). The summed E-state index contributed by atoms with van der Waals surface area (Å²) in [6, 6.07) is 7.91. The van der Waals surface area contributed by atoms with Crippen molar-refractivity contribution < 1.29 is 0 Å². The summed E-state index contributed by atoms with van der Waals surface area (Å²) < 4.78 is 1.92. The second-order valence-corrected chi connectivity index (χ2v) is 7.35. The maximum absolute atomic E-state index is 5.92. The smallest absolute Gasteiger partial charge is 0.137 e. The van der Waals surface area contributed by atoms with Gasteiger partial charge in [-0.1, -0.05) is 44.1 Å².